The molecular formula is C27H32N8O. The lowest BCUT2D eigenvalue weighted by Gasteiger charge is -2.34. The van der Waals surface area contributed by atoms with Crippen LogP contribution in [-0.2, 0) is 13.1 Å². The Labute approximate surface area is 211 Å². The first-order valence-electron chi connectivity index (χ1n) is 12.4. The number of rotatable bonds is 7. The predicted octanol–water partition coefficient (Wildman–Crippen LogP) is 3.65. The summed E-state index contributed by atoms with van der Waals surface area (Å²) < 4.78 is 2.07. The summed E-state index contributed by atoms with van der Waals surface area (Å²) >= 11 is 0. The number of fused-ring (bicyclic) bond motifs is 1. The van der Waals surface area contributed by atoms with Gasteiger partial charge >= 0.3 is 6.03 Å². The standard InChI is InChI=1S/C27H32N8O/c1-3-28-27(36)34-15-13-33(14-16-34)26-31-24(29-17-21-11-9-20(2)10-12-21)23-25(32-26)35(19-30-23)18-22-7-5-4-6-8-22/h4-12,19H,3,13-18H2,1-2H3,(H,28,36)(H,29,31,32). The smallest absolute Gasteiger partial charge is 0.317 e. The molecule has 2 amide bonds. The number of carbonyl (C=O) groups excluding carboxylic acids is 1. The van der Waals surface area contributed by atoms with E-state index < -0.39 is 0 Å². The van der Waals surface area contributed by atoms with Crippen molar-refractivity contribution in [1.29, 1.82) is 0 Å². The molecule has 186 valence electrons. The average molecular weight is 485 g/mol. The Bertz CT molecular complexity index is 1310. The molecular weight excluding hydrogens is 452 g/mol. The first kappa shape index (κ1) is 23.6. The van der Waals surface area contributed by atoms with E-state index in [9.17, 15) is 4.79 Å². The van der Waals surface area contributed by atoms with Gasteiger partial charge in [-0.1, -0.05) is 60.2 Å². The Morgan fingerprint density at radius 1 is 0.944 bits per heavy atom. The highest BCUT2D eigenvalue weighted by Crippen LogP contribution is 2.25. The van der Waals surface area contributed by atoms with E-state index in [2.05, 4.69) is 68.4 Å². The summed E-state index contributed by atoms with van der Waals surface area (Å²) in [5.74, 6) is 1.37. The minimum absolute atomic E-state index is 0.0186. The third kappa shape index (κ3) is 5.25. The number of nitrogens with zero attached hydrogens (tertiary/aromatic N) is 6. The lowest BCUT2D eigenvalue weighted by Crippen LogP contribution is -2.52. The van der Waals surface area contributed by atoms with Crippen molar-refractivity contribution in [3.05, 3.63) is 77.6 Å². The molecule has 0 aliphatic carbocycles. The second kappa shape index (κ2) is 10.6. The molecule has 1 fully saturated rings. The molecule has 2 aromatic heterocycles. The SMILES string of the molecule is CCNC(=O)N1CCN(c2nc(NCc3ccc(C)cc3)c3ncn(Cc4ccccc4)c3n2)CC1. The summed E-state index contributed by atoms with van der Waals surface area (Å²) in [7, 11) is 0. The summed E-state index contributed by atoms with van der Waals surface area (Å²) in [6.45, 7) is 8.56. The van der Waals surface area contributed by atoms with Gasteiger partial charge in [-0.3, -0.25) is 0 Å². The summed E-state index contributed by atoms with van der Waals surface area (Å²) in [5, 5.41) is 6.38. The Morgan fingerprint density at radius 3 is 2.42 bits per heavy atom. The fourth-order valence-corrected chi connectivity index (χ4v) is 4.36. The molecule has 0 spiro atoms. The molecule has 0 saturated carbocycles. The molecule has 0 unspecified atom stereocenters. The molecule has 5 rings (SSSR count). The van der Waals surface area contributed by atoms with Gasteiger partial charge in [-0.25, -0.2) is 9.78 Å². The molecule has 2 N–H and O–H groups in total. The second-order valence-electron chi connectivity index (χ2n) is 9.05. The minimum Gasteiger partial charge on any atom is -0.364 e. The van der Waals surface area contributed by atoms with Crippen LogP contribution in [-0.4, -0.2) is 63.2 Å². The van der Waals surface area contributed by atoms with Crippen LogP contribution in [0.25, 0.3) is 11.2 Å². The van der Waals surface area contributed by atoms with Crippen LogP contribution in [0.2, 0.25) is 0 Å². The maximum atomic E-state index is 12.2. The van der Waals surface area contributed by atoms with E-state index in [4.69, 9.17) is 9.97 Å². The fourth-order valence-electron chi connectivity index (χ4n) is 4.36. The van der Waals surface area contributed by atoms with E-state index in [0.29, 0.717) is 57.6 Å². The molecule has 2 aromatic carbocycles. The van der Waals surface area contributed by atoms with Crippen LogP contribution >= 0.6 is 0 Å². The lowest BCUT2D eigenvalue weighted by atomic mass is 10.1. The third-order valence-electron chi connectivity index (χ3n) is 6.41. The van der Waals surface area contributed by atoms with Gasteiger partial charge < -0.3 is 25.0 Å². The number of urea groups is 1. The highest BCUT2D eigenvalue weighted by molar-refractivity contribution is 5.84. The summed E-state index contributed by atoms with van der Waals surface area (Å²) in [6.07, 6.45) is 1.83. The van der Waals surface area contributed by atoms with Gasteiger partial charge in [0.2, 0.25) is 5.95 Å². The summed E-state index contributed by atoms with van der Waals surface area (Å²) in [5.41, 5.74) is 5.14. The van der Waals surface area contributed by atoms with E-state index in [1.807, 2.05) is 36.4 Å². The van der Waals surface area contributed by atoms with E-state index in [0.717, 1.165) is 11.2 Å². The zero-order valence-electron chi connectivity index (χ0n) is 20.8. The first-order valence-corrected chi connectivity index (χ1v) is 12.4. The quantitative estimate of drug-likeness (QED) is 0.416. The molecule has 9 nitrogen and oxygen atoms in total. The third-order valence-corrected chi connectivity index (χ3v) is 6.41. The number of amides is 2. The summed E-state index contributed by atoms with van der Waals surface area (Å²) in [6, 6.07) is 18.7. The number of carbonyl (C=O) groups is 1. The second-order valence-corrected chi connectivity index (χ2v) is 9.05. The van der Waals surface area contributed by atoms with Gasteiger partial charge in [0.1, 0.15) is 0 Å². The number of piperazine rings is 1. The number of hydrogen-bond acceptors (Lipinski definition) is 6. The largest absolute Gasteiger partial charge is 0.364 e. The summed E-state index contributed by atoms with van der Waals surface area (Å²) in [4.78, 5) is 30.7. The van der Waals surface area contributed by atoms with Gasteiger partial charge in [0.05, 0.1) is 12.9 Å². The first-order chi connectivity index (χ1) is 17.6. The fraction of sp³-hybridized carbons (Fsp3) is 0.333. The molecule has 1 aliphatic heterocycles. The van der Waals surface area contributed by atoms with Crippen LogP contribution in [0, 0.1) is 6.92 Å². The molecule has 36 heavy (non-hydrogen) atoms. The molecule has 1 aliphatic rings. The Hall–Kier alpha value is -4.14. The molecule has 0 atom stereocenters. The highest BCUT2D eigenvalue weighted by Gasteiger charge is 2.24. The predicted molar refractivity (Wildman–Crippen MR) is 142 cm³/mol. The van der Waals surface area contributed by atoms with E-state index >= 15 is 0 Å². The van der Waals surface area contributed by atoms with Crippen molar-refractivity contribution in [3.63, 3.8) is 0 Å². The van der Waals surface area contributed by atoms with Crippen LogP contribution in [0.1, 0.15) is 23.6 Å². The van der Waals surface area contributed by atoms with Gasteiger partial charge in [-0.2, -0.15) is 9.97 Å². The Kier molecular flexibility index (Phi) is 6.97. The number of hydrogen-bond donors (Lipinski definition) is 2. The molecule has 9 heteroatoms. The average Bonchev–Trinajstić information content (AvgIpc) is 3.31. The minimum atomic E-state index is -0.0186. The number of imidazole rings is 1. The van der Waals surface area contributed by atoms with Crippen molar-refractivity contribution in [2.75, 3.05) is 42.9 Å². The monoisotopic (exact) mass is 484 g/mol. The van der Waals surface area contributed by atoms with Gasteiger partial charge in [0.25, 0.3) is 0 Å². The zero-order chi connectivity index (χ0) is 24.9. The maximum Gasteiger partial charge on any atom is 0.317 e. The number of nitrogens with one attached hydrogen (secondary N) is 2. The molecule has 3 heterocycles. The van der Waals surface area contributed by atoms with Gasteiger partial charge in [0.15, 0.2) is 17.0 Å². The van der Waals surface area contributed by atoms with Crippen molar-refractivity contribution in [1.82, 2.24) is 29.7 Å². The number of aryl methyl sites for hydroxylation is 1. The van der Waals surface area contributed by atoms with Crippen molar-refractivity contribution in [2.45, 2.75) is 26.9 Å². The van der Waals surface area contributed by atoms with E-state index in [-0.39, 0.29) is 6.03 Å². The number of aromatic nitrogens is 4. The molecule has 4 aromatic rings. The molecule has 0 radical (unpaired) electrons. The Morgan fingerprint density at radius 2 is 1.69 bits per heavy atom. The van der Waals surface area contributed by atoms with Crippen molar-refractivity contribution in [3.8, 4) is 0 Å². The van der Waals surface area contributed by atoms with Crippen LogP contribution in [0.5, 0.6) is 0 Å². The van der Waals surface area contributed by atoms with Crippen LogP contribution in [0.4, 0.5) is 16.6 Å². The van der Waals surface area contributed by atoms with Crippen molar-refractivity contribution in [2.24, 2.45) is 0 Å². The highest BCUT2D eigenvalue weighted by atomic mass is 16.2. The van der Waals surface area contributed by atoms with Crippen LogP contribution in [0.15, 0.2) is 60.9 Å². The number of anilines is 2. The van der Waals surface area contributed by atoms with Crippen LogP contribution < -0.4 is 15.5 Å². The van der Waals surface area contributed by atoms with Gasteiger partial charge in [-0.05, 0) is 25.0 Å². The zero-order valence-corrected chi connectivity index (χ0v) is 20.8. The van der Waals surface area contributed by atoms with Gasteiger partial charge in [-0.15, -0.1) is 0 Å². The van der Waals surface area contributed by atoms with Crippen molar-refractivity contribution < 1.29 is 4.79 Å². The van der Waals surface area contributed by atoms with E-state index in [1.165, 1.54) is 16.7 Å². The van der Waals surface area contributed by atoms with Crippen LogP contribution in [0.3, 0.4) is 0 Å². The topological polar surface area (TPSA) is 91.2 Å². The normalized spacial score (nSPS) is 13.7. The maximum absolute atomic E-state index is 12.2. The Balaban J connectivity index is 1.43. The molecule has 0 bridgehead atoms. The van der Waals surface area contributed by atoms with Gasteiger partial charge in [0, 0.05) is 39.3 Å². The van der Waals surface area contributed by atoms with E-state index in [1.54, 1.807) is 0 Å². The molecule has 1 saturated heterocycles. The number of benzene rings is 2. The lowest BCUT2D eigenvalue weighted by molar-refractivity contribution is 0.194. The van der Waals surface area contributed by atoms with Crippen molar-refractivity contribution >= 4 is 29.0 Å².